The van der Waals surface area contributed by atoms with Gasteiger partial charge < -0.3 is 20.3 Å². The van der Waals surface area contributed by atoms with Gasteiger partial charge in [-0.1, -0.05) is 29.8 Å². The van der Waals surface area contributed by atoms with Gasteiger partial charge in [-0.15, -0.1) is 0 Å². The molecule has 0 spiro atoms. The molecule has 2 aromatic rings. The Kier molecular flexibility index (Phi) is 7.56. The minimum Gasteiger partial charge on any atom is -0.435 e. The van der Waals surface area contributed by atoms with Crippen molar-refractivity contribution in [2.45, 2.75) is 12.7 Å². The van der Waals surface area contributed by atoms with Gasteiger partial charge in [0.15, 0.2) is 5.11 Å². The Morgan fingerprint density at radius 2 is 1.81 bits per heavy atom. The van der Waals surface area contributed by atoms with Crippen LogP contribution in [0.15, 0.2) is 48.5 Å². The predicted molar refractivity (Wildman–Crippen MR) is 104 cm³/mol. The topological polar surface area (TPSA) is 37.7 Å². The van der Waals surface area contributed by atoms with E-state index in [-0.39, 0.29) is 11.8 Å². The molecule has 0 fully saturated rings. The van der Waals surface area contributed by atoms with Crippen LogP contribution in [0.5, 0.6) is 5.75 Å². The van der Waals surface area contributed by atoms with Gasteiger partial charge in [-0.25, -0.2) is 0 Å². The summed E-state index contributed by atoms with van der Waals surface area (Å²) in [5.74, 6) is 0.0967. The SMILES string of the molecule is C[NH+](C)[C@@H](CNC(=S)Nc1ccc(OC(F)F)cc1)c1ccccc1Cl. The van der Waals surface area contributed by atoms with E-state index in [1.807, 2.05) is 38.4 Å². The molecule has 0 aliphatic rings. The van der Waals surface area contributed by atoms with Crippen molar-refractivity contribution < 1.29 is 18.4 Å². The summed E-state index contributed by atoms with van der Waals surface area (Å²) in [6.07, 6.45) is 0. The van der Waals surface area contributed by atoms with Crippen molar-refractivity contribution in [2.24, 2.45) is 0 Å². The molecule has 0 unspecified atom stereocenters. The van der Waals surface area contributed by atoms with E-state index in [4.69, 9.17) is 23.8 Å². The number of hydrogen-bond donors (Lipinski definition) is 3. The van der Waals surface area contributed by atoms with Crippen molar-refractivity contribution in [1.82, 2.24) is 5.32 Å². The standard InChI is InChI=1S/C18H20ClF2N3OS/c1-24(2)16(14-5-3-4-6-15(14)19)11-22-18(26)23-12-7-9-13(10-8-12)25-17(20)21/h3-10,16-17H,11H2,1-2H3,(H2,22,23,26)/p+1/t16-/m0/s1. The fourth-order valence-corrected chi connectivity index (χ4v) is 2.94. The monoisotopic (exact) mass is 400 g/mol. The van der Waals surface area contributed by atoms with Crippen LogP contribution < -0.4 is 20.3 Å². The molecule has 2 rings (SSSR count). The molecule has 4 nitrogen and oxygen atoms in total. The highest BCUT2D eigenvalue weighted by Crippen LogP contribution is 2.20. The zero-order valence-electron chi connectivity index (χ0n) is 14.4. The Morgan fingerprint density at radius 3 is 2.38 bits per heavy atom. The van der Waals surface area contributed by atoms with Crippen LogP contribution in [0, 0.1) is 0 Å². The zero-order chi connectivity index (χ0) is 19.1. The van der Waals surface area contributed by atoms with Crippen LogP contribution in [0.1, 0.15) is 11.6 Å². The second-order valence-corrected chi connectivity index (χ2v) is 6.70. The lowest BCUT2D eigenvalue weighted by Gasteiger charge is -2.24. The first kappa shape index (κ1) is 20.4. The smallest absolute Gasteiger partial charge is 0.387 e. The third-order valence-electron chi connectivity index (χ3n) is 3.78. The Balaban J connectivity index is 1.93. The highest BCUT2D eigenvalue weighted by molar-refractivity contribution is 7.80. The molecular formula is C18H21ClF2N3OS+. The van der Waals surface area contributed by atoms with Crippen LogP contribution in [-0.4, -0.2) is 32.4 Å². The number of ether oxygens (including phenoxy) is 1. The van der Waals surface area contributed by atoms with Crippen LogP contribution >= 0.6 is 23.8 Å². The van der Waals surface area contributed by atoms with Gasteiger partial charge in [-0.2, -0.15) is 8.78 Å². The van der Waals surface area contributed by atoms with E-state index in [9.17, 15) is 8.78 Å². The minimum atomic E-state index is -2.84. The van der Waals surface area contributed by atoms with Gasteiger partial charge in [0.25, 0.3) is 0 Å². The summed E-state index contributed by atoms with van der Waals surface area (Å²) < 4.78 is 28.6. The zero-order valence-corrected chi connectivity index (χ0v) is 16.0. The van der Waals surface area contributed by atoms with Crippen molar-refractivity contribution in [3.8, 4) is 5.75 Å². The van der Waals surface area contributed by atoms with Crippen molar-refractivity contribution in [1.29, 1.82) is 0 Å². The first-order valence-corrected chi connectivity index (χ1v) is 8.79. The molecule has 0 saturated heterocycles. The Morgan fingerprint density at radius 1 is 1.15 bits per heavy atom. The third kappa shape index (κ3) is 6.09. The molecule has 3 N–H and O–H groups in total. The molecule has 0 radical (unpaired) electrons. The van der Waals surface area contributed by atoms with Gasteiger partial charge in [-0.05, 0) is 42.5 Å². The molecule has 0 aromatic heterocycles. The van der Waals surface area contributed by atoms with E-state index < -0.39 is 6.61 Å². The lowest BCUT2D eigenvalue weighted by Crippen LogP contribution is -3.07. The van der Waals surface area contributed by atoms with E-state index in [0.29, 0.717) is 22.4 Å². The summed E-state index contributed by atoms with van der Waals surface area (Å²) in [7, 11) is 4.10. The number of alkyl halides is 2. The van der Waals surface area contributed by atoms with Crippen molar-refractivity contribution in [3.05, 3.63) is 59.1 Å². The third-order valence-corrected chi connectivity index (χ3v) is 4.37. The number of anilines is 1. The maximum atomic E-state index is 12.2. The number of rotatable bonds is 7. The predicted octanol–water partition coefficient (Wildman–Crippen LogP) is 3.11. The number of benzene rings is 2. The summed E-state index contributed by atoms with van der Waals surface area (Å²) in [6.45, 7) is -2.25. The fraction of sp³-hybridized carbons (Fsp3) is 0.278. The summed E-state index contributed by atoms with van der Waals surface area (Å²) in [6, 6.07) is 14.0. The lowest BCUT2D eigenvalue weighted by atomic mass is 10.1. The van der Waals surface area contributed by atoms with Gasteiger partial charge in [-0.3, -0.25) is 0 Å². The fourth-order valence-electron chi connectivity index (χ4n) is 2.47. The molecule has 140 valence electrons. The van der Waals surface area contributed by atoms with Crippen LogP contribution in [0.25, 0.3) is 0 Å². The summed E-state index contributed by atoms with van der Waals surface area (Å²) in [5.41, 5.74) is 1.72. The Labute approximate surface area is 162 Å². The molecule has 0 bridgehead atoms. The van der Waals surface area contributed by atoms with Crippen molar-refractivity contribution in [2.75, 3.05) is 26.0 Å². The van der Waals surface area contributed by atoms with E-state index in [2.05, 4.69) is 15.4 Å². The van der Waals surface area contributed by atoms with Crippen LogP contribution in [0.3, 0.4) is 0 Å². The highest BCUT2D eigenvalue weighted by Gasteiger charge is 2.20. The van der Waals surface area contributed by atoms with E-state index in [1.54, 1.807) is 12.1 Å². The molecule has 8 heteroatoms. The molecule has 0 saturated carbocycles. The first-order chi connectivity index (χ1) is 12.4. The molecular weight excluding hydrogens is 380 g/mol. The second-order valence-electron chi connectivity index (χ2n) is 5.89. The van der Waals surface area contributed by atoms with E-state index >= 15 is 0 Å². The maximum absolute atomic E-state index is 12.2. The first-order valence-electron chi connectivity index (χ1n) is 8.01. The number of quaternary nitrogens is 1. The molecule has 0 aliphatic heterocycles. The number of hydrogen-bond acceptors (Lipinski definition) is 2. The normalized spacial score (nSPS) is 12.1. The van der Waals surface area contributed by atoms with E-state index in [0.717, 1.165) is 5.56 Å². The van der Waals surface area contributed by atoms with Gasteiger partial charge >= 0.3 is 6.61 Å². The van der Waals surface area contributed by atoms with Crippen molar-refractivity contribution >= 4 is 34.6 Å². The van der Waals surface area contributed by atoms with Crippen LogP contribution in [0.2, 0.25) is 5.02 Å². The quantitative estimate of drug-likeness (QED) is 0.624. The molecule has 2 aromatic carbocycles. The highest BCUT2D eigenvalue weighted by atomic mass is 35.5. The second kappa shape index (κ2) is 9.66. The summed E-state index contributed by atoms with van der Waals surface area (Å²) >= 11 is 11.6. The Hall–Kier alpha value is -1.96. The van der Waals surface area contributed by atoms with Gasteiger partial charge in [0.2, 0.25) is 0 Å². The average molecular weight is 401 g/mol. The summed E-state index contributed by atoms with van der Waals surface area (Å²) in [5, 5.41) is 7.35. The number of nitrogens with one attached hydrogen (secondary N) is 3. The minimum absolute atomic E-state index is 0.0967. The Bertz CT molecular complexity index is 729. The molecule has 0 heterocycles. The maximum Gasteiger partial charge on any atom is 0.387 e. The van der Waals surface area contributed by atoms with Crippen molar-refractivity contribution in [3.63, 3.8) is 0 Å². The van der Waals surface area contributed by atoms with E-state index in [1.165, 1.54) is 17.0 Å². The molecule has 26 heavy (non-hydrogen) atoms. The number of likely N-dealkylation sites (N-methyl/N-ethyl adjacent to an activating group) is 1. The van der Waals surface area contributed by atoms with Gasteiger partial charge in [0.1, 0.15) is 11.8 Å². The van der Waals surface area contributed by atoms with Crippen LogP contribution in [-0.2, 0) is 0 Å². The van der Waals surface area contributed by atoms with Gasteiger partial charge in [0, 0.05) is 16.3 Å². The van der Waals surface area contributed by atoms with Crippen LogP contribution in [0.4, 0.5) is 14.5 Å². The number of thiocarbonyl (C=S) groups is 1. The largest absolute Gasteiger partial charge is 0.435 e. The average Bonchev–Trinajstić information content (AvgIpc) is 2.57. The number of halogens is 3. The summed E-state index contributed by atoms with van der Waals surface area (Å²) in [4.78, 5) is 1.21. The molecule has 0 aliphatic carbocycles. The lowest BCUT2D eigenvalue weighted by molar-refractivity contribution is -0.890. The molecule has 1 atom stereocenters. The van der Waals surface area contributed by atoms with Gasteiger partial charge in [0.05, 0.1) is 20.6 Å². The molecule has 0 amide bonds.